The minimum absolute atomic E-state index is 0.0767. The number of sulfonamides is 1. The van der Waals surface area contributed by atoms with Crippen LogP contribution in [-0.2, 0) is 16.6 Å². The molecule has 168 valence electrons. The molecule has 2 aromatic carbocycles. The van der Waals surface area contributed by atoms with Gasteiger partial charge in [0, 0.05) is 12.6 Å². The molecular formula is C22H29FN4O3S. The predicted molar refractivity (Wildman–Crippen MR) is 119 cm³/mol. The molecule has 1 saturated carbocycles. The van der Waals surface area contributed by atoms with E-state index in [2.05, 4.69) is 20.3 Å². The van der Waals surface area contributed by atoms with Gasteiger partial charge in [-0.2, -0.15) is 0 Å². The van der Waals surface area contributed by atoms with Crippen molar-refractivity contribution in [1.29, 1.82) is 0 Å². The number of nitrogens with one attached hydrogen (secondary N) is 3. The van der Waals surface area contributed by atoms with E-state index in [1.54, 1.807) is 42.5 Å². The van der Waals surface area contributed by atoms with E-state index >= 15 is 0 Å². The Labute approximate surface area is 183 Å². The van der Waals surface area contributed by atoms with Crippen molar-refractivity contribution in [3.8, 4) is 5.75 Å². The molecule has 2 aromatic rings. The largest absolute Gasteiger partial charge is 0.486 e. The van der Waals surface area contributed by atoms with Gasteiger partial charge in [0.1, 0.15) is 6.10 Å². The van der Waals surface area contributed by atoms with E-state index < -0.39 is 15.8 Å². The number of nitrogens with zero attached hydrogens (tertiary/aromatic N) is 1. The molecule has 3 N–H and O–H groups in total. The molecule has 1 aliphatic rings. The standard InChI is InChI=1S/C22H29FN4O3S/c1-3-24-22(25-14-16(2)30-21-7-5-4-6-20(21)23)26-15-17-8-12-19(13-9-17)31(28,29)27-18-10-11-18/h4-9,12-13,16,18,27H,3,10-11,14-15H2,1-2H3,(H2,24,25,26). The zero-order valence-corrected chi connectivity index (χ0v) is 18.6. The van der Waals surface area contributed by atoms with E-state index in [1.807, 2.05) is 13.8 Å². The van der Waals surface area contributed by atoms with Gasteiger partial charge < -0.3 is 15.4 Å². The van der Waals surface area contributed by atoms with Crippen LogP contribution in [0.5, 0.6) is 5.75 Å². The third kappa shape index (κ3) is 7.22. The van der Waals surface area contributed by atoms with Gasteiger partial charge in [0.05, 0.1) is 18.0 Å². The zero-order valence-electron chi connectivity index (χ0n) is 17.8. The average Bonchev–Trinajstić information content (AvgIpc) is 3.55. The Morgan fingerprint density at radius 2 is 1.87 bits per heavy atom. The molecule has 1 fully saturated rings. The van der Waals surface area contributed by atoms with Gasteiger partial charge in [-0.25, -0.2) is 22.5 Å². The van der Waals surface area contributed by atoms with Crippen molar-refractivity contribution in [3.63, 3.8) is 0 Å². The highest BCUT2D eigenvalue weighted by molar-refractivity contribution is 7.89. The van der Waals surface area contributed by atoms with Crippen LogP contribution >= 0.6 is 0 Å². The minimum Gasteiger partial charge on any atom is -0.486 e. The molecule has 1 unspecified atom stereocenters. The summed E-state index contributed by atoms with van der Waals surface area (Å²) in [5, 5.41) is 6.33. The minimum atomic E-state index is -3.45. The molecule has 0 radical (unpaired) electrons. The molecule has 0 aromatic heterocycles. The third-order valence-corrected chi connectivity index (χ3v) is 6.15. The molecule has 1 atom stereocenters. The summed E-state index contributed by atoms with van der Waals surface area (Å²) >= 11 is 0. The highest BCUT2D eigenvalue weighted by Crippen LogP contribution is 2.22. The smallest absolute Gasteiger partial charge is 0.240 e. The number of ether oxygens (including phenoxy) is 1. The fourth-order valence-corrected chi connectivity index (χ4v) is 4.12. The number of hydrogen-bond donors (Lipinski definition) is 3. The van der Waals surface area contributed by atoms with E-state index in [1.165, 1.54) is 6.07 Å². The maximum absolute atomic E-state index is 13.7. The third-order valence-electron chi connectivity index (χ3n) is 4.62. The fraction of sp³-hybridized carbons (Fsp3) is 0.409. The fourth-order valence-electron chi connectivity index (χ4n) is 2.81. The first-order valence-electron chi connectivity index (χ1n) is 10.4. The van der Waals surface area contributed by atoms with E-state index in [4.69, 9.17) is 4.74 Å². The van der Waals surface area contributed by atoms with Crippen LogP contribution in [0.3, 0.4) is 0 Å². The number of benzene rings is 2. The number of guanidine groups is 1. The normalized spacial score (nSPS) is 15.4. The van der Waals surface area contributed by atoms with E-state index in [0.717, 1.165) is 18.4 Å². The lowest BCUT2D eigenvalue weighted by Gasteiger charge is -2.18. The van der Waals surface area contributed by atoms with Crippen LogP contribution in [0.1, 0.15) is 32.3 Å². The summed E-state index contributed by atoms with van der Waals surface area (Å²) in [5.41, 5.74) is 0.887. The SMILES string of the molecule is CCNC(=NCc1ccc(S(=O)(=O)NC2CC2)cc1)NCC(C)Oc1ccccc1F. The Bertz CT molecular complexity index is 992. The van der Waals surface area contributed by atoms with Crippen LogP contribution in [0.25, 0.3) is 0 Å². The Balaban J connectivity index is 1.54. The van der Waals surface area contributed by atoms with Crippen molar-refractivity contribution in [2.45, 2.75) is 50.3 Å². The van der Waals surface area contributed by atoms with Crippen LogP contribution in [0.4, 0.5) is 4.39 Å². The van der Waals surface area contributed by atoms with E-state index in [9.17, 15) is 12.8 Å². The first-order chi connectivity index (χ1) is 14.9. The number of hydrogen-bond acceptors (Lipinski definition) is 4. The first-order valence-corrected chi connectivity index (χ1v) is 11.9. The second kappa shape index (κ2) is 10.6. The van der Waals surface area contributed by atoms with Crippen LogP contribution in [0, 0.1) is 5.82 Å². The lowest BCUT2D eigenvalue weighted by molar-refractivity contribution is 0.214. The molecule has 0 spiro atoms. The zero-order chi connectivity index (χ0) is 22.3. The summed E-state index contributed by atoms with van der Waals surface area (Å²) in [4.78, 5) is 4.79. The van der Waals surface area contributed by atoms with Crippen LogP contribution in [0.2, 0.25) is 0 Å². The maximum atomic E-state index is 13.7. The molecule has 3 rings (SSSR count). The molecule has 0 heterocycles. The Morgan fingerprint density at radius 3 is 2.52 bits per heavy atom. The van der Waals surface area contributed by atoms with E-state index in [-0.39, 0.29) is 22.8 Å². The van der Waals surface area contributed by atoms with Crippen molar-refractivity contribution in [1.82, 2.24) is 15.4 Å². The summed E-state index contributed by atoms with van der Waals surface area (Å²) in [5.74, 6) is 0.413. The quantitative estimate of drug-likeness (QED) is 0.384. The van der Waals surface area contributed by atoms with Crippen molar-refractivity contribution < 1.29 is 17.5 Å². The first kappa shape index (κ1) is 23.0. The molecule has 0 aliphatic heterocycles. The highest BCUT2D eigenvalue weighted by Gasteiger charge is 2.27. The van der Waals surface area contributed by atoms with Crippen molar-refractivity contribution in [3.05, 3.63) is 59.9 Å². The van der Waals surface area contributed by atoms with Gasteiger partial charge in [0.15, 0.2) is 17.5 Å². The number of halogens is 1. The lowest BCUT2D eigenvalue weighted by atomic mass is 10.2. The Morgan fingerprint density at radius 1 is 1.16 bits per heavy atom. The van der Waals surface area contributed by atoms with Gasteiger partial charge in [-0.05, 0) is 56.5 Å². The van der Waals surface area contributed by atoms with Crippen LogP contribution in [-0.4, -0.2) is 39.6 Å². The van der Waals surface area contributed by atoms with Gasteiger partial charge in [0.2, 0.25) is 10.0 Å². The summed E-state index contributed by atoms with van der Waals surface area (Å²) < 4.78 is 46.5. The lowest BCUT2D eigenvalue weighted by Crippen LogP contribution is -2.41. The van der Waals surface area contributed by atoms with Gasteiger partial charge >= 0.3 is 0 Å². The summed E-state index contributed by atoms with van der Waals surface area (Å²) in [7, 11) is -3.45. The van der Waals surface area contributed by atoms with Gasteiger partial charge in [-0.3, -0.25) is 0 Å². The molecule has 1 aliphatic carbocycles. The van der Waals surface area contributed by atoms with Crippen LogP contribution in [0.15, 0.2) is 58.4 Å². The van der Waals surface area contributed by atoms with E-state index in [0.29, 0.717) is 25.6 Å². The second-order valence-corrected chi connectivity index (χ2v) is 9.19. The molecule has 0 bridgehead atoms. The molecule has 0 amide bonds. The molecule has 9 heteroatoms. The Hall–Kier alpha value is -2.65. The Kier molecular flexibility index (Phi) is 7.86. The average molecular weight is 449 g/mol. The summed E-state index contributed by atoms with van der Waals surface area (Å²) in [6.45, 7) is 5.30. The molecular weight excluding hydrogens is 419 g/mol. The van der Waals surface area contributed by atoms with Gasteiger partial charge in [0.25, 0.3) is 0 Å². The second-order valence-electron chi connectivity index (χ2n) is 7.47. The summed E-state index contributed by atoms with van der Waals surface area (Å²) in [6, 6.07) is 13.1. The molecule has 31 heavy (non-hydrogen) atoms. The van der Waals surface area contributed by atoms with Crippen molar-refractivity contribution in [2.24, 2.45) is 4.99 Å². The molecule has 0 saturated heterocycles. The van der Waals surface area contributed by atoms with Gasteiger partial charge in [-0.1, -0.05) is 24.3 Å². The number of para-hydroxylation sites is 1. The monoisotopic (exact) mass is 448 g/mol. The molecule has 7 nitrogen and oxygen atoms in total. The highest BCUT2D eigenvalue weighted by atomic mass is 32.2. The maximum Gasteiger partial charge on any atom is 0.240 e. The number of rotatable bonds is 10. The van der Waals surface area contributed by atoms with Crippen molar-refractivity contribution >= 4 is 16.0 Å². The predicted octanol–water partition coefficient (Wildman–Crippen LogP) is 2.79. The summed E-state index contributed by atoms with van der Waals surface area (Å²) in [6.07, 6.45) is 1.52. The number of aliphatic imine (C=N–C) groups is 1. The van der Waals surface area contributed by atoms with Crippen LogP contribution < -0.4 is 20.1 Å². The van der Waals surface area contributed by atoms with Crippen molar-refractivity contribution in [2.75, 3.05) is 13.1 Å². The van der Waals surface area contributed by atoms with Gasteiger partial charge in [-0.15, -0.1) is 0 Å². The topological polar surface area (TPSA) is 91.8 Å².